The van der Waals surface area contributed by atoms with Gasteiger partial charge in [-0.3, -0.25) is 20.2 Å². The van der Waals surface area contributed by atoms with Gasteiger partial charge in [-0.2, -0.15) is 4.98 Å². The van der Waals surface area contributed by atoms with Gasteiger partial charge in [0.05, 0.1) is 16.1 Å². The molecule has 2 aromatic rings. The van der Waals surface area contributed by atoms with E-state index in [9.17, 15) is 13.2 Å². The van der Waals surface area contributed by atoms with Crippen LogP contribution < -0.4 is 5.32 Å². The number of rotatable bonds is 6. The van der Waals surface area contributed by atoms with Crippen molar-refractivity contribution in [3.05, 3.63) is 11.7 Å². The van der Waals surface area contributed by atoms with Gasteiger partial charge in [-0.05, 0) is 32.6 Å². The monoisotopic (exact) mass is 355 g/mol. The zero-order valence-corrected chi connectivity index (χ0v) is 14.4. The third-order valence-electron chi connectivity index (χ3n) is 3.85. The fraction of sp³-hybridized carbons (Fsp3) is 0.538. The van der Waals surface area contributed by atoms with Gasteiger partial charge < -0.3 is 0 Å². The van der Waals surface area contributed by atoms with Gasteiger partial charge in [-0.1, -0.05) is 0 Å². The number of hydrogen-bond acceptors (Lipinski definition) is 7. The predicted octanol–water partition coefficient (Wildman–Crippen LogP) is 1.47. The molecule has 1 aliphatic rings. The lowest BCUT2D eigenvalue weighted by Gasteiger charge is -2.22. The summed E-state index contributed by atoms with van der Waals surface area (Å²) >= 11 is 1.38. The highest BCUT2D eigenvalue weighted by Gasteiger charge is 2.44. The number of carbonyl (C=O) groups is 1. The van der Waals surface area contributed by atoms with Crippen LogP contribution in [-0.2, 0) is 14.6 Å². The Balaban J connectivity index is 1.73. The number of aromatic nitrogens is 4. The van der Waals surface area contributed by atoms with Crippen LogP contribution in [0.5, 0.6) is 0 Å². The molecule has 0 aromatic carbocycles. The number of amides is 1. The van der Waals surface area contributed by atoms with Gasteiger partial charge >= 0.3 is 0 Å². The maximum absolute atomic E-state index is 12.4. The zero-order chi connectivity index (χ0) is 16.7. The first-order valence-corrected chi connectivity index (χ1v) is 9.68. The van der Waals surface area contributed by atoms with Crippen molar-refractivity contribution in [3.63, 3.8) is 0 Å². The summed E-state index contributed by atoms with van der Waals surface area (Å²) in [6.45, 7) is 2.83. The Labute approximate surface area is 137 Å². The minimum absolute atomic E-state index is 0.0491. The van der Waals surface area contributed by atoms with Gasteiger partial charge in [0.2, 0.25) is 11.9 Å². The van der Waals surface area contributed by atoms with E-state index >= 15 is 0 Å². The molecule has 0 atom stereocenters. The molecule has 1 amide bonds. The second kappa shape index (κ2) is 5.68. The van der Waals surface area contributed by atoms with Crippen LogP contribution in [0.2, 0.25) is 0 Å². The molecule has 2 heterocycles. The lowest BCUT2D eigenvalue weighted by Crippen LogP contribution is -2.46. The van der Waals surface area contributed by atoms with Crippen LogP contribution in [0.25, 0.3) is 10.7 Å². The van der Waals surface area contributed by atoms with E-state index in [1.165, 1.54) is 25.2 Å². The number of H-pyrrole nitrogens is 1. The lowest BCUT2D eigenvalue weighted by molar-refractivity contribution is -0.117. The van der Waals surface area contributed by atoms with E-state index in [4.69, 9.17) is 0 Å². The average Bonchev–Trinajstić information content (AvgIpc) is 2.95. The van der Waals surface area contributed by atoms with Gasteiger partial charge in [0.1, 0.15) is 4.75 Å². The molecule has 3 rings (SSSR count). The Hall–Kier alpha value is -1.81. The lowest BCUT2D eigenvalue weighted by atomic mass is 10.2. The van der Waals surface area contributed by atoms with Crippen LogP contribution >= 0.6 is 11.3 Å². The quantitative estimate of drug-likeness (QED) is 0.810. The fourth-order valence-electron chi connectivity index (χ4n) is 1.96. The summed E-state index contributed by atoms with van der Waals surface area (Å²) in [6, 6.07) is 0. The molecule has 10 heteroatoms. The SMILES string of the molecule is CC(C)(C(=O)Nc1n[nH]c(-c2cncs2)n1)S(=O)(=O)CC1CC1. The molecule has 8 nitrogen and oxygen atoms in total. The summed E-state index contributed by atoms with van der Waals surface area (Å²) in [6.07, 6.45) is 3.45. The molecule has 0 unspecified atom stereocenters. The van der Waals surface area contributed by atoms with Crippen molar-refractivity contribution in [3.8, 4) is 10.7 Å². The second-order valence-electron chi connectivity index (χ2n) is 6.06. The Kier molecular flexibility index (Phi) is 3.96. The molecule has 0 bridgehead atoms. The molecule has 0 saturated heterocycles. The van der Waals surface area contributed by atoms with Crippen molar-refractivity contribution in [1.29, 1.82) is 0 Å². The highest BCUT2D eigenvalue weighted by molar-refractivity contribution is 7.93. The molecule has 2 N–H and O–H groups in total. The normalized spacial score (nSPS) is 15.6. The second-order valence-corrected chi connectivity index (χ2v) is 9.53. The standard InChI is InChI=1S/C13H17N5O3S2/c1-13(2,23(20,21)6-8-3-4-8)11(19)16-12-15-10(17-18-12)9-5-14-7-22-9/h5,7-8H,3-4,6H2,1-2H3,(H2,15,16,17,18,19). The third-order valence-corrected chi connectivity index (χ3v) is 7.28. The van der Waals surface area contributed by atoms with Crippen molar-refractivity contribution in [2.24, 2.45) is 5.92 Å². The van der Waals surface area contributed by atoms with Gasteiger partial charge in [0.25, 0.3) is 0 Å². The first-order chi connectivity index (χ1) is 10.8. The maximum atomic E-state index is 12.4. The van der Waals surface area contributed by atoms with E-state index in [1.54, 1.807) is 11.7 Å². The van der Waals surface area contributed by atoms with Gasteiger partial charge in [0, 0.05) is 6.20 Å². The summed E-state index contributed by atoms with van der Waals surface area (Å²) in [5.74, 6) is 0.129. The number of carbonyl (C=O) groups excluding carboxylic acids is 1. The molecule has 0 spiro atoms. The molecule has 2 aromatic heterocycles. The average molecular weight is 355 g/mol. The Morgan fingerprint density at radius 3 is 2.83 bits per heavy atom. The Morgan fingerprint density at radius 1 is 1.48 bits per heavy atom. The number of hydrogen-bond donors (Lipinski definition) is 2. The van der Waals surface area contributed by atoms with Crippen LogP contribution in [-0.4, -0.2) is 45.0 Å². The van der Waals surface area contributed by atoms with E-state index in [2.05, 4.69) is 25.5 Å². The van der Waals surface area contributed by atoms with E-state index in [0.29, 0.717) is 5.82 Å². The van der Waals surface area contributed by atoms with E-state index in [1.807, 2.05) is 0 Å². The molecular weight excluding hydrogens is 338 g/mol. The summed E-state index contributed by atoms with van der Waals surface area (Å²) in [5, 5.41) is 9.07. The van der Waals surface area contributed by atoms with Crippen molar-refractivity contribution in [2.75, 3.05) is 11.1 Å². The highest BCUT2D eigenvalue weighted by atomic mass is 32.2. The number of aromatic amines is 1. The minimum atomic E-state index is -3.54. The van der Waals surface area contributed by atoms with Gasteiger partial charge in [-0.25, -0.2) is 8.42 Å². The van der Waals surface area contributed by atoms with Crippen molar-refractivity contribution >= 4 is 33.0 Å². The van der Waals surface area contributed by atoms with E-state index < -0.39 is 20.5 Å². The summed E-state index contributed by atoms with van der Waals surface area (Å²) in [7, 11) is -3.54. The highest BCUT2D eigenvalue weighted by Crippen LogP contribution is 2.34. The molecule has 1 saturated carbocycles. The molecule has 1 aliphatic carbocycles. The summed E-state index contributed by atoms with van der Waals surface area (Å²) in [4.78, 5) is 21.2. The largest absolute Gasteiger partial charge is 0.292 e. The minimum Gasteiger partial charge on any atom is -0.292 e. The van der Waals surface area contributed by atoms with Gasteiger partial charge in [-0.15, -0.1) is 16.4 Å². The van der Waals surface area contributed by atoms with Crippen molar-refractivity contribution in [2.45, 2.75) is 31.4 Å². The van der Waals surface area contributed by atoms with E-state index in [0.717, 1.165) is 17.7 Å². The van der Waals surface area contributed by atoms with Crippen LogP contribution in [0.3, 0.4) is 0 Å². The zero-order valence-electron chi connectivity index (χ0n) is 12.7. The van der Waals surface area contributed by atoms with E-state index in [-0.39, 0.29) is 17.6 Å². The van der Waals surface area contributed by atoms with Crippen LogP contribution in [0.15, 0.2) is 11.7 Å². The summed E-state index contributed by atoms with van der Waals surface area (Å²) in [5.41, 5.74) is 1.66. The molecule has 23 heavy (non-hydrogen) atoms. The number of nitrogens with zero attached hydrogens (tertiary/aromatic N) is 3. The third kappa shape index (κ3) is 3.27. The first-order valence-electron chi connectivity index (χ1n) is 7.14. The topological polar surface area (TPSA) is 118 Å². The number of anilines is 1. The van der Waals surface area contributed by atoms with Crippen LogP contribution in [0, 0.1) is 5.92 Å². The summed E-state index contributed by atoms with van der Waals surface area (Å²) < 4.78 is 23.3. The first kappa shape index (κ1) is 16.1. The van der Waals surface area contributed by atoms with Crippen LogP contribution in [0.1, 0.15) is 26.7 Å². The smallest absolute Gasteiger partial charge is 0.249 e. The predicted molar refractivity (Wildman–Crippen MR) is 86.7 cm³/mol. The van der Waals surface area contributed by atoms with Crippen molar-refractivity contribution < 1.29 is 13.2 Å². The Morgan fingerprint density at radius 2 is 2.22 bits per heavy atom. The fourth-order valence-corrected chi connectivity index (χ4v) is 4.22. The maximum Gasteiger partial charge on any atom is 0.249 e. The molecule has 0 radical (unpaired) electrons. The number of sulfone groups is 1. The molecule has 124 valence electrons. The Bertz CT molecular complexity index is 807. The van der Waals surface area contributed by atoms with Gasteiger partial charge in [0.15, 0.2) is 15.7 Å². The number of thiazole rings is 1. The van der Waals surface area contributed by atoms with Crippen LogP contribution in [0.4, 0.5) is 5.95 Å². The number of nitrogens with one attached hydrogen (secondary N) is 2. The molecular formula is C13H17N5O3S2. The molecule has 1 fully saturated rings. The van der Waals surface area contributed by atoms with Crippen molar-refractivity contribution in [1.82, 2.24) is 20.2 Å². The molecule has 0 aliphatic heterocycles.